The van der Waals surface area contributed by atoms with Gasteiger partial charge in [-0.05, 0) is 33.6 Å². The normalized spacial score (nSPS) is 16.1. The number of fused-ring (bicyclic) bond motifs is 1. The average Bonchev–Trinajstić information content (AvgIpc) is 3.23. The fourth-order valence-corrected chi connectivity index (χ4v) is 4.34. The van der Waals surface area contributed by atoms with Crippen LogP contribution in [-0.4, -0.2) is 36.4 Å². The van der Waals surface area contributed by atoms with Crippen molar-refractivity contribution in [3.05, 3.63) is 81.4 Å². The summed E-state index contributed by atoms with van der Waals surface area (Å²) < 4.78 is 10.7. The third kappa shape index (κ3) is 3.52. The van der Waals surface area contributed by atoms with Gasteiger partial charge in [-0.25, -0.2) is 9.59 Å². The van der Waals surface area contributed by atoms with Gasteiger partial charge < -0.3 is 15.2 Å². The molecule has 3 aromatic rings. The molecule has 2 aromatic carbocycles. The van der Waals surface area contributed by atoms with Gasteiger partial charge in [0.05, 0.1) is 43.0 Å². The Morgan fingerprint density at radius 1 is 1.12 bits per heavy atom. The lowest BCUT2D eigenvalue weighted by atomic mass is 9.81. The predicted molar refractivity (Wildman–Crippen MR) is 123 cm³/mol. The highest BCUT2D eigenvalue weighted by molar-refractivity contribution is 9.10. The molecular weight excluding hydrogens is 490 g/mol. The Labute approximate surface area is 197 Å². The average molecular weight is 508 g/mol. The Hall–Kier alpha value is -4.10. The molecule has 1 aliphatic rings. The standard InChI is InChI=1S/C23H18BrN5O4/c1-32-22(30)17-16(12-7-4-3-5-8-12)14(11-25)21(26)29(19(17)23(31)33-2)15-10-6-9-13-18(15)27-28-20(13)24/h3-10,16H,26H2,1-2H3,(H,27,28). The fraction of sp³-hybridized carbons (Fsp3) is 0.130. The second-order valence-corrected chi connectivity index (χ2v) is 7.84. The summed E-state index contributed by atoms with van der Waals surface area (Å²) in [6.07, 6.45) is 0. The van der Waals surface area contributed by atoms with Crippen molar-refractivity contribution in [2.24, 2.45) is 5.73 Å². The molecule has 1 atom stereocenters. The first-order chi connectivity index (χ1) is 15.9. The van der Waals surface area contributed by atoms with Gasteiger partial charge in [0.2, 0.25) is 0 Å². The SMILES string of the molecule is COC(=O)C1=C(C(=O)OC)N(c2cccc3c(Br)[nH]nc23)C(N)=C(C#N)C1c1ccccc1. The summed E-state index contributed by atoms with van der Waals surface area (Å²) in [5, 5.41) is 17.9. The van der Waals surface area contributed by atoms with Crippen molar-refractivity contribution in [3.8, 4) is 6.07 Å². The van der Waals surface area contributed by atoms with Gasteiger partial charge in [-0.1, -0.05) is 36.4 Å². The van der Waals surface area contributed by atoms with Gasteiger partial charge in [0.1, 0.15) is 21.6 Å². The zero-order chi connectivity index (χ0) is 23.7. The molecule has 1 aliphatic heterocycles. The Kier molecular flexibility index (Phi) is 5.89. The van der Waals surface area contributed by atoms with Crippen molar-refractivity contribution >= 4 is 44.5 Å². The Bertz CT molecular complexity index is 1370. The van der Waals surface area contributed by atoms with Crippen LogP contribution in [0.3, 0.4) is 0 Å². The molecule has 0 saturated heterocycles. The van der Waals surface area contributed by atoms with E-state index in [4.69, 9.17) is 15.2 Å². The molecule has 0 fully saturated rings. The van der Waals surface area contributed by atoms with Crippen molar-refractivity contribution in [3.63, 3.8) is 0 Å². The van der Waals surface area contributed by atoms with Crippen LogP contribution in [0.15, 0.2) is 75.8 Å². The molecule has 4 rings (SSSR count). The molecule has 166 valence electrons. The number of carbonyl (C=O) groups excluding carboxylic acids is 2. The van der Waals surface area contributed by atoms with Crippen LogP contribution in [0.4, 0.5) is 5.69 Å². The lowest BCUT2D eigenvalue weighted by Gasteiger charge is -2.35. The third-order valence-electron chi connectivity index (χ3n) is 5.37. The Balaban J connectivity index is 2.12. The summed E-state index contributed by atoms with van der Waals surface area (Å²) in [4.78, 5) is 27.5. The molecule has 1 unspecified atom stereocenters. The summed E-state index contributed by atoms with van der Waals surface area (Å²) in [5.74, 6) is -2.56. The molecule has 0 bridgehead atoms. The molecular formula is C23H18BrN5O4. The van der Waals surface area contributed by atoms with Crippen molar-refractivity contribution < 1.29 is 19.1 Å². The number of aromatic amines is 1. The number of carbonyl (C=O) groups is 2. The fourth-order valence-electron chi connectivity index (χ4n) is 3.94. The molecule has 0 amide bonds. The number of anilines is 1. The highest BCUT2D eigenvalue weighted by atomic mass is 79.9. The second kappa shape index (κ2) is 8.80. The maximum atomic E-state index is 13.1. The van der Waals surface area contributed by atoms with Crippen LogP contribution in [0.2, 0.25) is 0 Å². The lowest BCUT2D eigenvalue weighted by Crippen LogP contribution is -2.40. The highest BCUT2D eigenvalue weighted by Gasteiger charge is 2.43. The summed E-state index contributed by atoms with van der Waals surface area (Å²) in [5.41, 5.74) is 7.83. The van der Waals surface area contributed by atoms with Gasteiger partial charge in [-0.3, -0.25) is 10.00 Å². The van der Waals surface area contributed by atoms with Crippen molar-refractivity contribution in [1.29, 1.82) is 5.26 Å². The smallest absolute Gasteiger partial charge is 0.355 e. The summed E-state index contributed by atoms with van der Waals surface area (Å²) in [7, 11) is 2.40. The Morgan fingerprint density at radius 3 is 2.45 bits per heavy atom. The van der Waals surface area contributed by atoms with Gasteiger partial charge in [0, 0.05) is 5.39 Å². The highest BCUT2D eigenvalue weighted by Crippen LogP contribution is 2.44. The molecule has 0 aliphatic carbocycles. The molecule has 9 nitrogen and oxygen atoms in total. The molecule has 2 heterocycles. The zero-order valence-corrected chi connectivity index (χ0v) is 19.2. The van der Waals surface area contributed by atoms with Crippen molar-refractivity contribution in [2.45, 2.75) is 5.92 Å². The van der Waals surface area contributed by atoms with Crippen LogP contribution in [-0.2, 0) is 19.1 Å². The van der Waals surface area contributed by atoms with E-state index in [-0.39, 0.29) is 22.7 Å². The van der Waals surface area contributed by atoms with Gasteiger partial charge >= 0.3 is 11.9 Å². The first kappa shape index (κ1) is 22.1. The minimum atomic E-state index is -0.931. The Morgan fingerprint density at radius 2 is 1.82 bits per heavy atom. The first-order valence-corrected chi connectivity index (χ1v) is 10.5. The summed E-state index contributed by atoms with van der Waals surface area (Å²) in [6, 6.07) is 16.2. The number of hydrogen-bond acceptors (Lipinski definition) is 8. The zero-order valence-electron chi connectivity index (χ0n) is 17.6. The van der Waals surface area contributed by atoms with Crippen LogP contribution in [0.25, 0.3) is 10.9 Å². The van der Waals surface area contributed by atoms with Gasteiger partial charge in [-0.15, -0.1) is 0 Å². The minimum absolute atomic E-state index is 0.0222. The van der Waals surface area contributed by atoms with Crippen LogP contribution in [0.5, 0.6) is 0 Å². The van der Waals surface area contributed by atoms with Crippen LogP contribution in [0, 0.1) is 11.3 Å². The van der Waals surface area contributed by atoms with E-state index in [0.29, 0.717) is 26.8 Å². The molecule has 0 radical (unpaired) electrons. The number of aromatic nitrogens is 2. The van der Waals surface area contributed by atoms with Gasteiger partial charge in [0.25, 0.3) is 0 Å². The topological polar surface area (TPSA) is 134 Å². The molecule has 3 N–H and O–H groups in total. The van der Waals surface area contributed by atoms with Gasteiger partial charge in [-0.2, -0.15) is 10.4 Å². The predicted octanol–water partition coefficient (Wildman–Crippen LogP) is 3.22. The van der Waals surface area contributed by atoms with E-state index in [2.05, 4.69) is 32.2 Å². The number of rotatable bonds is 4. The number of halogens is 1. The molecule has 33 heavy (non-hydrogen) atoms. The number of esters is 2. The lowest BCUT2D eigenvalue weighted by molar-refractivity contribution is -0.139. The first-order valence-electron chi connectivity index (χ1n) is 9.72. The number of allylic oxidation sites excluding steroid dienone is 1. The quantitative estimate of drug-likeness (QED) is 0.513. The van der Waals surface area contributed by atoms with Crippen LogP contribution in [0.1, 0.15) is 11.5 Å². The van der Waals surface area contributed by atoms with E-state index in [1.807, 2.05) is 6.07 Å². The van der Waals surface area contributed by atoms with Crippen LogP contribution < -0.4 is 10.6 Å². The third-order valence-corrected chi connectivity index (χ3v) is 5.97. The van der Waals surface area contributed by atoms with Crippen LogP contribution >= 0.6 is 15.9 Å². The number of ether oxygens (including phenoxy) is 2. The number of hydrogen-bond donors (Lipinski definition) is 2. The van der Waals surface area contributed by atoms with Crippen molar-refractivity contribution in [2.75, 3.05) is 19.1 Å². The second-order valence-electron chi connectivity index (χ2n) is 7.05. The van der Waals surface area contributed by atoms with Gasteiger partial charge in [0.15, 0.2) is 0 Å². The number of nitriles is 1. The van der Waals surface area contributed by atoms with E-state index < -0.39 is 17.9 Å². The monoisotopic (exact) mass is 507 g/mol. The largest absolute Gasteiger partial charge is 0.466 e. The molecule has 1 aromatic heterocycles. The maximum absolute atomic E-state index is 13.1. The van der Waals surface area contributed by atoms with Crippen molar-refractivity contribution in [1.82, 2.24) is 10.2 Å². The number of nitrogens with one attached hydrogen (secondary N) is 1. The maximum Gasteiger partial charge on any atom is 0.355 e. The molecule has 10 heteroatoms. The van der Waals surface area contributed by atoms with E-state index in [1.165, 1.54) is 19.1 Å². The minimum Gasteiger partial charge on any atom is -0.466 e. The summed E-state index contributed by atoms with van der Waals surface area (Å²) in [6.45, 7) is 0. The number of methoxy groups -OCH3 is 2. The number of benzene rings is 2. The van der Waals surface area contributed by atoms with E-state index >= 15 is 0 Å². The number of H-pyrrole nitrogens is 1. The molecule has 0 saturated carbocycles. The number of nitrogens with two attached hydrogens (primary N) is 1. The summed E-state index contributed by atoms with van der Waals surface area (Å²) >= 11 is 3.40. The van der Waals surface area contributed by atoms with E-state index in [0.717, 1.165) is 0 Å². The van der Waals surface area contributed by atoms with E-state index in [1.54, 1.807) is 42.5 Å². The number of para-hydroxylation sites is 1. The number of nitrogens with zero attached hydrogens (tertiary/aromatic N) is 3. The molecule has 0 spiro atoms. The van der Waals surface area contributed by atoms with E-state index in [9.17, 15) is 14.9 Å².